The number of carboxylic acids is 1. The highest BCUT2D eigenvalue weighted by Crippen LogP contribution is 2.39. The maximum Gasteiger partial charge on any atom is 0.433 e. The Bertz CT molecular complexity index is 563. The molecule has 0 bridgehead atoms. The van der Waals surface area contributed by atoms with Crippen LogP contribution in [-0.2, 0) is 11.0 Å². The van der Waals surface area contributed by atoms with Crippen LogP contribution in [0.15, 0.2) is 6.20 Å². The van der Waals surface area contributed by atoms with Gasteiger partial charge in [0.25, 0.3) is 5.24 Å². The normalized spacial score (nSPS) is 23.0. The molecule has 1 heterocycles. The lowest BCUT2D eigenvalue weighted by molar-refractivity contribution is -0.147. The predicted octanol–water partition coefficient (Wildman–Crippen LogP) is 3.10. The quantitative estimate of drug-likeness (QED) is 0.867. The Morgan fingerprint density at radius 2 is 1.86 bits per heavy atom. The summed E-state index contributed by atoms with van der Waals surface area (Å²) in [5.74, 6) is -1.48. The fourth-order valence-corrected chi connectivity index (χ4v) is 2.77. The number of aromatic nitrogens is 2. The Hall–Kier alpha value is -1.57. The Morgan fingerprint density at radius 3 is 2.29 bits per heavy atom. The Kier molecular flexibility index (Phi) is 4.27. The molecule has 0 spiro atoms. The summed E-state index contributed by atoms with van der Waals surface area (Å²) < 4.78 is 40.0. The van der Waals surface area contributed by atoms with Crippen LogP contribution in [0.5, 0.6) is 0 Å². The van der Waals surface area contributed by atoms with Crippen LogP contribution in [0.3, 0.4) is 0 Å². The number of aliphatic carboxylic acids is 1. The first kappa shape index (κ1) is 15.8. The smallest absolute Gasteiger partial charge is 0.433 e. The van der Waals surface area contributed by atoms with Crippen LogP contribution in [0, 0.1) is 5.92 Å². The van der Waals surface area contributed by atoms with E-state index in [0.29, 0.717) is 0 Å². The molecule has 2 rings (SSSR count). The molecule has 0 atom stereocenters. The van der Waals surface area contributed by atoms with Crippen molar-refractivity contribution in [2.24, 2.45) is 5.92 Å². The van der Waals surface area contributed by atoms with Crippen molar-refractivity contribution >= 4 is 22.8 Å². The summed E-state index contributed by atoms with van der Waals surface area (Å²) in [6, 6.07) is -0.581. The molecule has 1 fully saturated rings. The number of halogens is 4. The molecule has 0 aliphatic heterocycles. The van der Waals surface area contributed by atoms with Gasteiger partial charge in [-0.05, 0) is 37.3 Å². The van der Waals surface area contributed by atoms with E-state index in [4.69, 9.17) is 16.7 Å². The molecule has 5 nitrogen and oxygen atoms in total. The standard InChI is InChI=1S/C12H12ClF3N2O3/c13-10(19)8-5-17-18(9(8)12(14,15)16)7-3-1-6(2-4-7)11(20)21/h5-7H,1-4H2,(H,20,21)/t6-,7-. The van der Waals surface area contributed by atoms with Crippen LogP contribution >= 0.6 is 11.6 Å². The van der Waals surface area contributed by atoms with E-state index in [-0.39, 0.29) is 25.7 Å². The second-order valence-electron chi connectivity index (χ2n) is 4.97. The average molecular weight is 325 g/mol. The van der Waals surface area contributed by atoms with Gasteiger partial charge in [-0.25, -0.2) is 0 Å². The number of carbonyl (C=O) groups excluding carboxylic acids is 1. The van der Waals surface area contributed by atoms with Crippen molar-refractivity contribution in [1.29, 1.82) is 0 Å². The van der Waals surface area contributed by atoms with Crippen LogP contribution in [0.2, 0.25) is 0 Å². The van der Waals surface area contributed by atoms with Crippen LogP contribution in [0.25, 0.3) is 0 Å². The molecule has 0 amide bonds. The summed E-state index contributed by atoms with van der Waals surface area (Å²) >= 11 is 5.16. The van der Waals surface area contributed by atoms with Gasteiger partial charge in [-0.2, -0.15) is 18.3 Å². The van der Waals surface area contributed by atoms with Gasteiger partial charge in [-0.3, -0.25) is 14.3 Å². The molecular weight excluding hydrogens is 313 g/mol. The maximum absolute atomic E-state index is 13.1. The largest absolute Gasteiger partial charge is 0.481 e. The second-order valence-corrected chi connectivity index (χ2v) is 5.31. The number of hydrogen-bond donors (Lipinski definition) is 1. The third kappa shape index (κ3) is 3.20. The molecule has 0 radical (unpaired) electrons. The zero-order valence-corrected chi connectivity index (χ0v) is 11.5. The molecule has 9 heteroatoms. The lowest BCUT2D eigenvalue weighted by Gasteiger charge is -2.28. The minimum absolute atomic E-state index is 0.262. The van der Waals surface area contributed by atoms with Gasteiger partial charge in [0.2, 0.25) is 0 Å². The van der Waals surface area contributed by atoms with E-state index in [1.165, 1.54) is 0 Å². The van der Waals surface area contributed by atoms with Crippen LogP contribution in [-0.4, -0.2) is 26.1 Å². The highest BCUT2D eigenvalue weighted by atomic mass is 35.5. The molecule has 0 unspecified atom stereocenters. The van der Waals surface area contributed by atoms with E-state index < -0.39 is 40.6 Å². The average Bonchev–Trinajstić information content (AvgIpc) is 2.83. The lowest BCUT2D eigenvalue weighted by Crippen LogP contribution is -2.27. The minimum atomic E-state index is -4.75. The van der Waals surface area contributed by atoms with E-state index in [9.17, 15) is 22.8 Å². The molecule has 21 heavy (non-hydrogen) atoms. The Labute approximate surface area is 122 Å². The van der Waals surface area contributed by atoms with Crippen LogP contribution in [0.1, 0.15) is 47.8 Å². The number of carboxylic acid groups (broad SMARTS) is 1. The van der Waals surface area contributed by atoms with Crippen molar-refractivity contribution in [2.75, 3.05) is 0 Å². The summed E-state index contributed by atoms with van der Waals surface area (Å²) in [7, 11) is 0. The molecule has 1 aliphatic rings. The Morgan fingerprint density at radius 1 is 1.29 bits per heavy atom. The third-order valence-electron chi connectivity index (χ3n) is 3.67. The van der Waals surface area contributed by atoms with Gasteiger partial charge in [0.15, 0.2) is 5.69 Å². The highest BCUT2D eigenvalue weighted by molar-refractivity contribution is 6.67. The van der Waals surface area contributed by atoms with Gasteiger partial charge >= 0.3 is 12.1 Å². The summed E-state index contributed by atoms with van der Waals surface area (Å²) in [5.41, 5.74) is -1.84. The van der Waals surface area contributed by atoms with Crippen molar-refractivity contribution in [3.8, 4) is 0 Å². The Balaban J connectivity index is 2.29. The van der Waals surface area contributed by atoms with Gasteiger partial charge in [0.1, 0.15) is 0 Å². The van der Waals surface area contributed by atoms with Gasteiger partial charge in [-0.1, -0.05) is 0 Å². The molecule has 1 N–H and O–H groups in total. The second kappa shape index (κ2) is 5.67. The first-order valence-electron chi connectivity index (χ1n) is 6.29. The van der Waals surface area contributed by atoms with Crippen molar-refractivity contribution < 1.29 is 27.9 Å². The van der Waals surface area contributed by atoms with Gasteiger partial charge < -0.3 is 5.11 Å². The van der Waals surface area contributed by atoms with E-state index in [0.717, 1.165) is 10.9 Å². The molecule has 1 aromatic rings. The molecule has 1 saturated carbocycles. The molecule has 1 aromatic heterocycles. The van der Waals surface area contributed by atoms with E-state index >= 15 is 0 Å². The number of hydrogen-bond acceptors (Lipinski definition) is 3. The molecule has 1 aliphatic carbocycles. The van der Waals surface area contributed by atoms with Crippen molar-refractivity contribution in [3.63, 3.8) is 0 Å². The molecule has 0 aromatic carbocycles. The third-order valence-corrected chi connectivity index (χ3v) is 3.87. The van der Waals surface area contributed by atoms with Crippen LogP contribution < -0.4 is 0 Å². The number of alkyl halides is 3. The highest BCUT2D eigenvalue weighted by Gasteiger charge is 2.42. The predicted molar refractivity (Wildman–Crippen MR) is 66.0 cm³/mol. The number of carbonyl (C=O) groups is 2. The summed E-state index contributed by atoms with van der Waals surface area (Å²) in [6.07, 6.45) is -2.86. The van der Waals surface area contributed by atoms with E-state index in [1.807, 2.05) is 0 Å². The summed E-state index contributed by atoms with van der Waals surface area (Å²) in [6.45, 7) is 0. The van der Waals surface area contributed by atoms with Gasteiger partial charge in [-0.15, -0.1) is 0 Å². The molecule has 0 saturated heterocycles. The number of rotatable bonds is 3. The SMILES string of the molecule is O=C(Cl)c1cnn([C@H]2CC[C@H](C(=O)O)CC2)c1C(F)(F)F. The fourth-order valence-electron chi connectivity index (χ4n) is 2.63. The summed E-state index contributed by atoms with van der Waals surface area (Å²) in [4.78, 5) is 21.9. The molecular formula is C12H12ClF3N2O3. The first-order valence-corrected chi connectivity index (χ1v) is 6.67. The fraction of sp³-hybridized carbons (Fsp3) is 0.583. The van der Waals surface area contributed by atoms with Crippen LogP contribution in [0.4, 0.5) is 13.2 Å². The van der Waals surface area contributed by atoms with Gasteiger partial charge in [0.05, 0.1) is 23.7 Å². The zero-order valence-electron chi connectivity index (χ0n) is 10.7. The molecule has 116 valence electrons. The van der Waals surface area contributed by atoms with E-state index in [1.54, 1.807) is 0 Å². The topological polar surface area (TPSA) is 72.2 Å². The maximum atomic E-state index is 13.1. The monoisotopic (exact) mass is 324 g/mol. The van der Waals surface area contributed by atoms with Crippen molar-refractivity contribution in [1.82, 2.24) is 9.78 Å². The van der Waals surface area contributed by atoms with Crippen molar-refractivity contribution in [3.05, 3.63) is 17.5 Å². The number of nitrogens with zero attached hydrogens (tertiary/aromatic N) is 2. The van der Waals surface area contributed by atoms with Crippen molar-refractivity contribution in [2.45, 2.75) is 37.9 Å². The minimum Gasteiger partial charge on any atom is -0.481 e. The van der Waals surface area contributed by atoms with Gasteiger partial charge in [0, 0.05) is 0 Å². The summed E-state index contributed by atoms with van der Waals surface area (Å²) in [5, 5.41) is 11.3. The van der Waals surface area contributed by atoms with E-state index in [2.05, 4.69) is 5.10 Å². The zero-order chi connectivity index (χ0) is 15.8. The lowest BCUT2D eigenvalue weighted by atomic mass is 9.86. The first-order chi connectivity index (χ1) is 9.71.